The standard InChI is InChI=1S/C15H13N5O4S2/c1-25-14-7-10(15(21)22)5-6-13(14)17-26(23,24)12-4-2-3-11(8-12)20-9-16-18-19-20/h2-9,17H,1H3,(H,21,22). The maximum Gasteiger partial charge on any atom is 0.335 e. The molecule has 0 saturated heterocycles. The second-order valence-electron chi connectivity index (χ2n) is 5.08. The molecule has 1 heterocycles. The second kappa shape index (κ2) is 7.14. The number of benzene rings is 2. The average Bonchev–Trinajstić information content (AvgIpc) is 3.16. The van der Waals surface area contributed by atoms with Gasteiger partial charge in [0.2, 0.25) is 0 Å². The molecule has 11 heteroatoms. The number of carboxylic acid groups (broad SMARTS) is 1. The van der Waals surface area contributed by atoms with Crippen molar-refractivity contribution >= 4 is 33.4 Å². The first-order valence-corrected chi connectivity index (χ1v) is 9.89. The number of carboxylic acids is 1. The largest absolute Gasteiger partial charge is 0.478 e. The van der Waals surface area contributed by atoms with Crippen LogP contribution in [0.5, 0.6) is 0 Å². The first-order chi connectivity index (χ1) is 12.4. The molecule has 0 amide bonds. The summed E-state index contributed by atoms with van der Waals surface area (Å²) in [6.45, 7) is 0. The highest BCUT2D eigenvalue weighted by molar-refractivity contribution is 7.99. The molecule has 26 heavy (non-hydrogen) atoms. The topological polar surface area (TPSA) is 127 Å². The minimum Gasteiger partial charge on any atom is -0.478 e. The molecule has 1 aromatic heterocycles. The van der Waals surface area contributed by atoms with Crippen LogP contribution in [0.2, 0.25) is 0 Å². The number of nitrogens with zero attached hydrogens (tertiary/aromatic N) is 4. The number of hydrogen-bond acceptors (Lipinski definition) is 7. The van der Waals surface area contributed by atoms with E-state index in [9.17, 15) is 13.2 Å². The minimum atomic E-state index is -3.89. The van der Waals surface area contributed by atoms with Crippen LogP contribution in [0.15, 0.2) is 58.6 Å². The summed E-state index contributed by atoms with van der Waals surface area (Å²) in [7, 11) is -3.89. The molecule has 3 rings (SSSR count). The van der Waals surface area contributed by atoms with E-state index in [0.717, 1.165) is 0 Å². The SMILES string of the molecule is CSc1cc(C(=O)O)ccc1NS(=O)(=O)c1cccc(-n2cnnn2)c1. The van der Waals surface area contributed by atoms with Crippen molar-refractivity contribution in [3.63, 3.8) is 0 Å². The van der Waals surface area contributed by atoms with E-state index < -0.39 is 16.0 Å². The molecule has 0 atom stereocenters. The fourth-order valence-electron chi connectivity index (χ4n) is 2.19. The van der Waals surface area contributed by atoms with E-state index in [1.54, 1.807) is 18.4 Å². The molecule has 0 aliphatic heterocycles. The van der Waals surface area contributed by atoms with E-state index in [-0.39, 0.29) is 10.5 Å². The Hall–Kier alpha value is -2.92. The minimum absolute atomic E-state index is 0.0277. The third kappa shape index (κ3) is 3.68. The number of sulfonamides is 1. The zero-order valence-corrected chi connectivity index (χ0v) is 15.0. The highest BCUT2D eigenvalue weighted by Crippen LogP contribution is 2.29. The summed E-state index contributed by atoms with van der Waals surface area (Å²) in [6, 6.07) is 10.3. The molecule has 0 radical (unpaired) electrons. The number of nitrogens with one attached hydrogen (secondary N) is 1. The highest BCUT2D eigenvalue weighted by atomic mass is 32.2. The number of tetrazole rings is 1. The van der Waals surface area contributed by atoms with Crippen LogP contribution in [0, 0.1) is 0 Å². The number of aromatic carboxylic acids is 1. The first-order valence-electron chi connectivity index (χ1n) is 7.18. The van der Waals surface area contributed by atoms with Crippen LogP contribution in [0.25, 0.3) is 5.69 Å². The van der Waals surface area contributed by atoms with E-state index in [4.69, 9.17) is 5.11 Å². The lowest BCUT2D eigenvalue weighted by atomic mass is 10.2. The molecular weight excluding hydrogens is 378 g/mol. The Balaban J connectivity index is 1.95. The fourth-order valence-corrected chi connectivity index (χ4v) is 3.95. The summed E-state index contributed by atoms with van der Waals surface area (Å²) >= 11 is 1.24. The van der Waals surface area contributed by atoms with Crippen LogP contribution in [0.3, 0.4) is 0 Å². The normalized spacial score (nSPS) is 11.3. The lowest BCUT2D eigenvalue weighted by Crippen LogP contribution is -2.14. The molecule has 134 valence electrons. The van der Waals surface area contributed by atoms with Gasteiger partial charge in [0.05, 0.1) is 21.8 Å². The quantitative estimate of drug-likeness (QED) is 0.610. The van der Waals surface area contributed by atoms with Gasteiger partial charge in [0.25, 0.3) is 10.0 Å². The molecule has 0 aliphatic rings. The number of aromatic nitrogens is 4. The zero-order chi connectivity index (χ0) is 18.7. The Morgan fingerprint density at radius 2 is 2.04 bits per heavy atom. The molecule has 0 saturated carbocycles. The Bertz CT molecular complexity index is 1050. The monoisotopic (exact) mass is 391 g/mol. The number of anilines is 1. The molecule has 9 nitrogen and oxygen atoms in total. The maximum absolute atomic E-state index is 12.7. The van der Waals surface area contributed by atoms with E-state index >= 15 is 0 Å². The van der Waals surface area contributed by atoms with Gasteiger partial charge in [-0.3, -0.25) is 4.72 Å². The molecular formula is C15H13N5O4S2. The van der Waals surface area contributed by atoms with Gasteiger partial charge in [-0.2, -0.15) is 0 Å². The van der Waals surface area contributed by atoms with Gasteiger partial charge < -0.3 is 5.11 Å². The lowest BCUT2D eigenvalue weighted by Gasteiger charge is -2.12. The summed E-state index contributed by atoms with van der Waals surface area (Å²) in [6.07, 6.45) is 3.09. The summed E-state index contributed by atoms with van der Waals surface area (Å²) < 4.78 is 29.3. The van der Waals surface area contributed by atoms with Crippen LogP contribution >= 0.6 is 11.8 Å². The third-order valence-electron chi connectivity index (χ3n) is 3.43. The van der Waals surface area contributed by atoms with Gasteiger partial charge >= 0.3 is 5.97 Å². The van der Waals surface area contributed by atoms with Gasteiger partial charge in [-0.05, 0) is 53.1 Å². The fraction of sp³-hybridized carbons (Fsp3) is 0.0667. The Labute approximate surface area is 153 Å². The van der Waals surface area contributed by atoms with Gasteiger partial charge in [0, 0.05) is 4.90 Å². The smallest absolute Gasteiger partial charge is 0.335 e. The molecule has 2 aromatic carbocycles. The summed E-state index contributed by atoms with van der Waals surface area (Å²) in [5, 5.41) is 19.8. The summed E-state index contributed by atoms with van der Waals surface area (Å²) in [5.74, 6) is -1.08. The van der Waals surface area contributed by atoms with Crippen molar-refractivity contribution in [3.05, 3.63) is 54.4 Å². The molecule has 0 spiro atoms. The molecule has 0 fully saturated rings. The third-order valence-corrected chi connectivity index (χ3v) is 5.58. The van der Waals surface area contributed by atoms with E-state index in [2.05, 4.69) is 20.2 Å². The Morgan fingerprint density at radius 1 is 1.23 bits per heavy atom. The maximum atomic E-state index is 12.7. The van der Waals surface area contributed by atoms with Crippen molar-refractivity contribution in [2.45, 2.75) is 9.79 Å². The average molecular weight is 391 g/mol. The van der Waals surface area contributed by atoms with Crippen LogP contribution in [-0.4, -0.2) is 46.0 Å². The van der Waals surface area contributed by atoms with Crippen molar-refractivity contribution in [1.29, 1.82) is 0 Å². The van der Waals surface area contributed by atoms with Gasteiger partial charge in [-0.15, -0.1) is 16.9 Å². The molecule has 2 N–H and O–H groups in total. The van der Waals surface area contributed by atoms with Gasteiger partial charge in [0.15, 0.2) is 0 Å². The van der Waals surface area contributed by atoms with Crippen molar-refractivity contribution in [3.8, 4) is 5.69 Å². The molecule has 3 aromatic rings. The van der Waals surface area contributed by atoms with Gasteiger partial charge in [-0.25, -0.2) is 17.9 Å². The molecule has 0 aliphatic carbocycles. The number of rotatable bonds is 6. The second-order valence-corrected chi connectivity index (χ2v) is 7.61. The van der Waals surface area contributed by atoms with Crippen molar-refractivity contribution < 1.29 is 18.3 Å². The number of hydrogen-bond donors (Lipinski definition) is 2. The van der Waals surface area contributed by atoms with E-state index in [0.29, 0.717) is 16.3 Å². The van der Waals surface area contributed by atoms with E-state index in [1.165, 1.54) is 53.1 Å². The summed E-state index contributed by atoms with van der Waals surface area (Å²) in [4.78, 5) is 11.6. The van der Waals surface area contributed by atoms with Crippen LogP contribution in [0.4, 0.5) is 5.69 Å². The highest BCUT2D eigenvalue weighted by Gasteiger charge is 2.18. The van der Waals surface area contributed by atoms with Crippen molar-refractivity contribution in [2.24, 2.45) is 0 Å². The number of thioether (sulfide) groups is 1. The molecule has 0 bridgehead atoms. The van der Waals surface area contributed by atoms with Gasteiger partial charge in [0.1, 0.15) is 6.33 Å². The Morgan fingerprint density at radius 3 is 2.69 bits per heavy atom. The van der Waals surface area contributed by atoms with Crippen LogP contribution in [0.1, 0.15) is 10.4 Å². The number of carbonyl (C=O) groups is 1. The summed E-state index contributed by atoms with van der Waals surface area (Å²) in [5.41, 5.74) is 0.873. The van der Waals surface area contributed by atoms with E-state index in [1.807, 2.05) is 0 Å². The van der Waals surface area contributed by atoms with Gasteiger partial charge in [-0.1, -0.05) is 6.07 Å². The molecule has 0 unspecified atom stereocenters. The predicted octanol–water partition coefficient (Wildman–Crippen LogP) is 1.88. The van der Waals surface area contributed by atoms with Crippen molar-refractivity contribution in [1.82, 2.24) is 20.2 Å². The van der Waals surface area contributed by atoms with Crippen LogP contribution < -0.4 is 4.72 Å². The van der Waals surface area contributed by atoms with Crippen molar-refractivity contribution in [2.75, 3.05) is 11.0 Å². The lowest BCUT2D eigenvalue weighted by molar-refractivity contribution is 0.0696. The zero-order valence-electron chi connectivity index (χ0n) is 13.4. The van der Waals surface area contributed by atoms with Crippen LogP contribution in [-0.2, 0) is 10.0 Å². The predicted molar refractivity (Wildman–Crippen MR) is 95.1 cm³/mol. The first kappa shape index (κ1) is 17.9. The Kier molecular flexibility index (Phi) is 4.91.